The molecule has 3 rings (SSSR count). The van der Waals surface area contributed by atoms with Gasteiger partial charge in [0.05, 0.1) is 6.10 Å². The van der Waals surface area contributed by atoms with Crippen LogP contribution in [0.1, 0.15) is 97.8 Å². The molecule has 0 aliphatic heterocycles. The Morgan fingerprint density at radius 2 is 0.885 bits per heavy atom. The average molecular weight is 377 g/mol. The predicted octanol–water partition coefficient (Wildman–Crippen LogP) is 7.74. The molecule has 0 aromatic rings. The Bertz CT molecular complexity index is 371. The summed E-state index contributed by atoms with van der Waals surface area (Å²) in [5.41, 5.74) is 0. The summed E-state index contributed by atoms with van der Waals surface area (Å²) in [4.78, 5) is 0. The summed E-state index contributed by atoms with van der Waals surface area (Å²) in [6.45, 7) is 6.38. The second-order valence-electron chi connectivity index (χ2n) is 8.80. The maximum Gasteiger partial charge on any atom is 0.522 e. The summed E-state index contributed by atoms with van der Waals surface area (Å²) < 4.78 is 41.2. The van der Waals surface area contributed by atoms with Gasteiger partial charge in [-0.25, -0.2) is 0 Å². The standard InChI is InChI=1S/C20H33F3O.C2H6/c1-14-2-4-15(5-3-14)16-6-8-17(9-7-16)18-10-12-19(13-11-18)24-20(21,22)23;1-2/h14-19H,2-13H2,1H3;1-2H3. The second kappa shape index (κ2) is 10.3. The molecule has 0 bridgehead atoms. The summed E-state index contributed by atoms with van der Waals surface area (Å²) >= 11 is 0. The van der Waals surface area contributed by atoms with Gasteiger partial charge >= 0.3 is 6.36 Å². The van der Waals surface area contributed by atoms with Crippen LogP contribution in [0.4, 0.5) is 13.2 Å². The molecule has 3 aliphatic rings. The zero-order chi connectivity index (χ0) is 19.2. The van der Waals surface area contributed by atoms with Gasteiger partial charge in [-0.3, -0.25) is 4.74 Å². The highest BCUT2D eigenvalue weighted by Crippen LogP contribution is 2.45. The molecule has 0 saturated heterocycles. The van der Waals surface area contributed by atoms with E-state index in [4.69, 9.17) is 0 Å². The molecule has 1 nitrogen and oxygen atoms in total. The highest BCUT2D eigenvalue weighted by Gasteiger charge is 2.38. The molecular formula is C22H39F3O. The zero-order valence-corrected chi connectivity index (χ0v) is 17.0. The van der Waals surface area contributed by atoms with Crippen LogP contribution in [0.2, 0.25) is 0 Å². The summed E-state index contributed by atoms with van der Waals surface area (Å²) in [6.07, 6.45) is 9.00. The van der Waals surface area contributed by atoms with Crippen molar-refractivity contribution in [3.8, 4) is 0 Å². The number of hydrogen-bond donors (Lipinski definition) is 0. The van der Waals surface area contributed by atoms with Gasteiger partial charge in [0, 0.05) is 0 Å². The van der Waals surface area contributed by atoms with E-state index in [9.17, 15) is 13.2 Å². The Morgan fingerprint density at radius 1 is 0.577 bits per heavy atom. The summed E-state index contributed by atoms with van der Waals surface area (Å²) in [5, 5.41) is 0. The molecule has 0 unspecified atom stereocenters. The number of alkyl halides is 3. The summed E-state index contributed by atoms with van der Waals surface area (Å²) in [6, 6.07) is 0. The number of rotatable bonds is 3. The van der Waals surface area contributed by atoms with E-state index in [2.05, 4.69) is 11.7 Å². The molecule has 3 aliphatic carbocycles. The Balaban J connectivity index is 0.00000117. The van der Waals surface area contributed by atoms with Crippen LogP contribution in [0, 0.1) is 29.6 Å². The Labute approximate surface area is 158 Å². The Hall–Kier alpha value is -0.250. The minimum Gasteiger partial charge on any atom is -0.289 e. The van der Waals surface area contributed by atoms with Crippen LogP contribution in [0.5, 0.6) is 0 Å². The zero-order valence-electron chi connectivity index (χ0n) is 17.0. The van der Waals surface area contributed by atoms with Crippen molar-refractivity contribution >= 4 is 0 Å². The first-order chi connectivity index (χ1) is 12.4. The van der Waals surface area contributed by atoms with E-state index < -0.39 is 12.5 Å². The molecule has 3 saturated carbocycles. The first-order valence-corrected chi connectivity index (χ1v) is 11.1. The molecule has 0 radical (unpaired) electrons. The van der Waals surface area contributed by atoms with Crippen molar-refractivity contribution < 1.29 is 17.9 Å². The van der Waals surface area contributed by atoms with Crippen molar-refractivity contribution in [3.05, 3.63) is 0 Å². The molecular weight excluding hydrogens is 337 g/mol. The van der Waals surface area contributed by atoms with Gasteiger partial charge in [-0.2, -0.15) is 0 Å². The third kappa shape index (κ3) is 6.73. The van der Waals surface area contributed by atoms with E-state index in [1.165, 1.54) is 51.4 Å². The largest absolute Gasteiger partial charge is 0.522 e. The van der Waals surface area contributed by atoms with Crippen molar-refractivity contribution in [2.45, 2.75) is 110 Å². The minimum absolute atomic E-state index is 0.588. The maximum absolute atomic E-state index is 12.3. The fourth-order valence-electron chi connectivity index (χ4n) is 5.71. The lowest BCUT2D eigenvalue weighted by atomic mass is 9.65. The van der Waals surface area contributed by atoms with Gasteiger partial charge in [-0.15, -0.1) is 13.2 Å². The van der Waals surface area contributed by atoms with Gasteiger partial charge in [0.25, 0.3) is 0 Å². The van der Waals surface area contributed by atoms with Crippen molar-refractivity contribution in [1.29, 1.82) is 0 Å². The van der Waals surface area contributed by atoms with Crippen LogP contribution in [0.25, 0.3) is 0 Å². The highest BCUT2D eigenvalue weighted by molar-refractivity contribution is 4.85. The lowest BCUT2D eigenvalue weighted by Crippen LogP contribution is -2.32. The quantitative estimate of drug-likeness (QED) is 0.489. The first-order valence-electron chi connectivity index (χ1n) is 11.1. The molecule has 0 amide bonds. The summed E-state index contributed by atoms with van der Waals surface area (Å²) in [7, 11) is 0. The lowest BCUT2D eigenvalue weighted by Gasteiger charge is -2.41. The van der Waals surface area contributed by atoms with Gasteiger partial charge in [0.1, 0.15) is 0 Å². The fourth-order valence-corrected chi connectivity index (χ4v) is 5.71. The molecule has 26 heavy (non-hydrogen) atoms. The molecule has 4 heteroatoms. The van der Waals surface area contributed by atoms with E-state index in [-0.39, 0.29) is 0 Å². The van der Waals surface area contributed by atoms with E-state index in [1.807, 2.05) is 13.8 Å². The normalized spacial score (nSPS) is 39.0. The molecule has 0 spiro atoms. The van der Waals surface area contributed by atoms with Crippen LogP contribution in [-0.4, -0.2) is 12.5 Å². The monoisotopic (exact) mass is 376 g/mol. The van der Waals surface area contributed by atoms with Crippen LogP contribution in [0.3, 0.4) is 0 Å². The molecule has 0 aromatic carbocycles. The van der Waals surface area contributed by atoms with Crippen molar-refractivity contribution in [2.24, 2.45) is 29.6 Å². The highest BCUT2D eigenvalue weighted by atomic mass is 19.4. The third-order valence-electron chi connectivity index (χ3n) is 7.23. The number of hydrogen-bond acceptors (Lipinski definition) is 1. The molecule has 0 N–H and O–H groups in total. The van der Waals surface area contributed by atoms with Crippen molar-refractivity contribution in [2.75, 3.05) is 0 Å². The van der Waals surface area contributed by atoms with Gasteiger partial charge in [0.2, 0.25) is 0 Å². The molecule has 0 heterocycles. The van der Waals surface area contributed by atoms with Crippen LogP contribution in [0.15, 0.2) is 0 Å². The van der Waals surface area contributed by atoms with E-state index >= 15 is 0 Å². The van der Waals surface area contributed by atoms with Crippen LogP contribution in [-0.2, 0) is 4.74 Å². The Morgan fingerprint density at radius 3 is 1.23 bits per heavy atom. The average Bonchev–Trinajstić information content (AvgIpc) is 2.64. The van der Waals surface area contributed by atoms with Gasteiger partial charge < -0.3 is 0 Å². The van der Waals surface area contributed by atoms with Gasteiger partial charge in [0.15, 0.2) is 0 Å². The number of halogens is 3. The van der Waals surface area contributed by atoms with Crippen LogP contribution >= 0.6 is 0 Å². The molecule has 3 fully saturated rings. The third-order valence-corrected chi connectivity index (χ3v) is 7.23. The first kappa shape index (κ1) is 22.0. The molecule has 154 valence electrons. The molecule has 0 atom stereocenters. The van der Waals surface area contributed by atoms with Crippen molar-refractivity contribution in [3.63, 3.8) is 0 Å². The predicted molar refractivity (Wildman–Crippen MR) is 101 cm³/mol. The molecule has 0 aromatic heterocycles. The topological polar surface area (TPSA) is 9.23 Å². The van der Waals surface area contributed by atoms with E-state index in [1.54, 1.807) is 0 Å². The smallest absolute Gasteiger partial charge is 0.289 e. The second-order valence-corrected chi connectivity index (χ2v) is 8.80. The summed E-state index contributed by atoms with van der Waals surface area (Å²) in [5.74, 6) is 4.21. The van der Waals surface area contributed by atoms with Crippen molar-refractivity contribution in [1.82, 2.24) is 0 Å². The lowest BCUT2D eigenvalue weighted by molar-refractivity contribution is -0.346. The number of ether oxygens (including phenoxy) is 1. The van der Waals surface area contributed by atoms with Gasteiger partial charge in [-0.05, 0) is 93.8 Å². The van der Waals surface area contributed by atoms with Gasteiger partial charge in [-0.1, -0.05) is 33.6 Å². The fraction of sp³-hybridized carbons (Fsp3) is 1.00. The maximum atomic E-state index is 12.3. The SMILES string of the molecule is CC.CC1CCC(C2CCC(C3CCC(OC(F)(F)F)CC3)CC2)CC1. The van der Waals surface area contributed by atoms with E-state index in [0.717, 1.165) is 36.5 Å². The van der Waals surface area contributed by atoms with E-state index in [0.29, 0.717) is 18.8 Å². The Kier molecular flexibility index (Phi) is 8.76. The van der Waals surface area contributed by atoms with Crippen LogP contribution < -0.4 is 0 Å². The minimum atomic E-state index is -4.47.